The first kappa shape index (κ1) is 10.8. The van der Waals surface area contributed by atoms with Crippen molar-refractivity contribution in [2.24, 2.45) is 11.7 Å². The van der Waals surface area contributed by atoms with Crippen LogP contribution in [-0.2, 0) is 0 Å². The van der Waals surface area contributed by atoms with Crippen LogP contribution in [0.2, 0.25) is 0 Å². The summed E-state index contributed by atoms with van der Waals surface area (Å²) in [7, 11) is 0. The summed E-state index contributed by atoms with van der Waals surface area (Å²) in [5.41, 5.74) is 6.31. The molecule has 2 rings (SSSR count). The van der Waals surface area contributed by atoms with Crippen LogP contribution in [0, 0.1) is 5.92 Å². The van der Waals surface area contributed by atoms with Crippen molar-refractivity contribution in [1.29, 1.82) is 0 Å². The molecule has 1 saturated carbocycles. The van der Waals surface area contributed by atoms with Crippen LogP contribution in [0.15, 0.2) is 5.38 Å². The molecule has 4 heteroatoms. The van der Waals surface area contributed by atoms with E-state index in [1.54, 1.807) is 0 Å². The molecule has 82 valence electrons. The number of thiazole rings is 1. The average Bonchev–Trinajstić information content (AvgIpc) is 2.59. The second-order valence-corrected chi connectivity index (χ2v) is 5.17. The maximum Gasteiger partial charge on any atom is 0.182 e. The lowest BCUT2D eigenvalue weighted by atomic mass is 9.81. The van der Waals surface area contributed by atoms with Gasteiger partial charge in [-0.2, -0.15) is 0 Å². The number of Topliss-reactive ketones (excluding diaryl/α,β-unsaturated/α-hetero) is 1. The molecular formula is C11H16N2OS. The highest BCUT2D eigenvalue weighted by molar-refractivity contribution is 7.09. The maximum atomic E-state index is 11.8. The van der Waals surface area contributed by atoms with Crippen LogP contribution in [0.4, 0.5) is 0 Å². The third-order valence-electron chi connectivity index (χ3n) is 2.90. The first-order valence-electron chi connectivity index (χ1n) is 5.41. The largest absolute Gasteiger partial charge is 0.322 e. The van der Waals surface area contributed by atoms with Crippen molar-refractivity contribution in [2.75, 3.05) is 0 Å². The average molecular weight is 224 g/mol. The van der Waals surface area contributed by atoms with Gasteiger partial charge < -0.3 is 5.73 Å². The molecule has 3 nitrogen and oxygen atoms in total. The molecule has 1 aromatic rings. The van der Waals surface area contributed by atoms with E-state index in [0.717, 1.165) is 5.01 Å². The van der Waals surface area contributed by atoms with E-state index in [-0.39, 0.29) is 11.8 Å². The third-order valence-corrected chi connectivity index (χ3v) is 3.94. The lowest BCUT2D eigenvalue weighted by Crippen LogP contribution is -2.16. The fraction of sp³-hybridized carbons (Fsp3) is 0.636. The Kier molecular flexibility index (Phi) is 3.17. The van der Waals surface area contributed by atoms with Crippen LogP contribution in [0.5, 0.6) is 0 Å². The highest BCUT2D eigenvalue weighted by atomic mass is 32.1. The number of hydrogen-bond donors (Lipinski definition) is 1. The molecule has 0 aliphatic heterocycles. The standard InChI is InChI=1S/C11H16N2OS/c1-7(12)11-13-9(6-15-11)10(14)5-8-3-2-4-8/h6-8H,2-5,12H2,1H3. The number of nitrogens with two attached hydrogens (primary N) is 1. The summed E-state index contributed by atoms with van der Waals surface area (Å²) < 4.78 is 0. The molecule has 1 aromatic heterocycles. The van der Waals surface area contributed by atoms with E-state index in [1.165, 1.54) is 30.6 Å². The van der Waals surface area contributed by atoms with Gasteiger partial charge in [0.15, 0.2) is 5.78 Å². The number of rotatable bonds is 4. The monoisotopic (exact) mass is 224 g/mol. The van der Waals surface area contributed by atoms with Crippen molar-refractivity contribution in [1.82, 2.24) is 4.98 Å². The first-order chi connectivity index (χ1) is 7.16. The van der Waals surface area contributed by atoms with Crippen LogP contribution >= 0.6 is 11.3 Å². The van der Waals surface area contributed by atoms with Gasteiger partial charge in [-0.1, -0.05) is 19.3 Å². The lowest BCUT2D eigenvalue weighted by Gasteiger charge is -2.23. The summed E-state index contributed by atoms with van der Waals surface area (Å²) in [6, 6.07) is -0.0692. The third kappa shape index (κ3) is 2.44. The fourth-order valence-electron chi connectivity index (χ4n) is 1.69. The van der Waals surface area contributed by atoms with Gasteiger partial charge in [-0.3, -0.25) is 4.79 Å². The van der Waals surface area contributed by atoms with Gasteiger partial charge in [0, 0.05) is 11.8 Å². The van der Waals surface area contributed by atoms with E-state index in [4.69, 9.17) is 5.73 Å². The SMILES string of the molecule is CC(N)c1nc(C(=O)CC2CCC2)cs1. The van der Waals surface area contributed by atoms with Crippen molar-refractivity contribution >= 4 is 17.1 Å². The summed E-state index contributed by atoms with van der Waals surface area (Å²) in [5.74, 6) is 0.792. The second kappa shape index (κ2) is 4.41. The van der Waals surface area contributed by atoms with Gasteiger partial charge in [-0.15, -0.1) is 11.3 Å². The van der Waals surface area contributed by atoms with E-state index in [9.17, 15) is 4.79 Å². The molecule has 0 radical (unpaired) electrons. The number of carbonyl (C=O) groups excluding carboxylic acids is 1. The van der Waals surface area contributed by atoms with E-state index in [0.29, 0.717) is 18.0 Å². The normalized spacial score (nSPS) is 18.5. The summed E-state index contributed by atoms with van der Waals surface area (Å²) in [6.07, 6.45) is 4.36. The van der Waals surface area contributed by atoms with Crippen LogP contribution in [0.25, 0.3) is 0 Å². The van der Waals surface area contributed by atoms with Gasteiger partial charge in [0.2, 0.25) is 0 Å². The van der Waals surface area contributed by atoms with Gasteiger partial charge in [0.05, 0.1) is 6.04 Å². The van der Waals surface area contributed by atoms with E-state index in [2.05, 4.69) is 4.98 Å². The molecule has 0 saturated heterocycles. The molecule has 0 bridgehead atoms. The van der Waals surface area contributed by atoms with Gasteiger partial charge >= 0.3 is 0 Å². The van der Waals surface area contributed by atoms with Crippen LogP contribution in [0.3, 0.4) is 0 Å². The minimum Gasteiger partial charge on any atom is -0.322 e. The highest BCUT2D eigenvalue weighted by Crippen LogP contribution is 2.30. The number of nitrogens with zero attached hydrogens (tertiary/aromatic N) is 1. The first-order valence-corrected chi connectivity index (χ1v) is 6.29. The highest BCUT2D eigenvalue weighted by Gasteiger charge is 2.22. The van der Waals surface area contributed by atoms with Crippen LogP contribution in [0.1, 0.15) is 54.1 Å². The van der Waals surface area contributed by atoms with Crippen LogP contribution < -0.4 is 5.73 Å². The number of aromatic nitrogens is 1. The Morgan fingerprint density at radius 2 is 2.47 bits per heavy atom. The maximum absolute atomic E-state index is 11.8. The molecule has 1 aliphatic rings. The summed E-state index contributed by atoms with van der Waals surface area (Å²) >= 11 is 1.48. The quantitative estimate of drug-likeness (QED) is 0.799. The van der Waals surface area contributed by atoms with Crippen molar-refractivity contribution in [3.63, 3.8) is 0 Å². The molecule has 2 N–H and O–H groups in total. The fourth-order valence-corrected chi connectivity index (χ4v) is 2.47. The molecule has 1 heterocycles. The Hall–Kier alpha value is -0.740. The van der Waals surface area contributed by atoms with Gasteiger partial charge in [-0.25, -0.2) is 4.98 Å². The van der Waals surface area contributed by atoms with Gasteiger partial charge in [0.25, 0.3) is 0 Å². The predicted octanol–water partition coefficient (Wildman–Crippen LogP) is 2.54. The topological polar surface area (TPSA) is 56.0 Å². The smallest absolute Gasteiger partial charge is 0.182 e. The van der Waals surface area contributed by atoms with Crippen molar-refractivity contribution < 1.29 is 4.79 Å². The minimum absolute atomic E-state index is 0.0692. The zero-order valence-corrected chi connectivity index (χ0v) is 9.72. The minimum atomic E-state index is -0.0692. The zero-order valence-electron chi connectivity index (χ0n) is 8.90. The number of carbonyl (C=O) groups is 1. The van der Waals surface area contributed by atoms with E-state index >= 15 is 0 Å². The predicted molar refractivity (Wildman–Crippen MR) is 61.0 cm³/mol. The van der Waals surface area contributed by atoms with Gasteiger partial charge in [-0.05, 0) is 12.8 Å². The van der Waals surface area contributed by atoms with Gasteiger partial charge in [0.1, 0.15) is 10.7 Å². The van der Waals surface area contributed by atoms with Crippen molar-refractivity contribution in [3.05, 3.63) is 16.1 Å². The van der Waals surface area contributed by atoms with Crippen LogP contribution in [-0.4, -0.2) is 10.8 Å². The summed E-state index contributed by atoms with van der Waals surface area (Å²) in [6.45, 7) is 1.89. The molecule has 1 atom stereocenters. The van der Waals surface area contributed by atoms with Crippen molar-refractivity contribution in [2.45, 2.75) is 38.6 Å². The lowest BCUT2D eigenvalue weighted by molar-refractivity contribution is 0.0932. The molecule has 0 aromatic carbocycles. The Morgan fingerprint density at radius 1 is 1.73 bits per heavy atom. The Labute approximate surface area is 93.7 Å². The Balaban J connectivity index is 1.98. The number of hydrogen-bond acceptors (Lipinski definition) is 4. The number of ketones is 1. The Morgan fingerprint density at radius 3 is 2.93 bits per heavy atom. The summed E-state index contributed by atoms with van der Waals surface area (Å²) in [4.78, 5) is 16.1. The molecule has 1 fully saturated rings. The van der Waals surface area contributed by atoms with E-state index in [1.807, 2.05) is 12.3 Å². The molecule has 1 unspecified atom stereocenters. The molecular weight excluding hydrogens is 208 g/mol. The molecule has 0 amide bonds. The molecule has 15 heavy (non-hydrogen) atoms. The zero-order chi connectivity index (χ0) is 10.8. The molecule has 0 spiro atoms. The van der Waals surface area contributed by atoms with Crippen molar-refractivity contribution in [3.8, 4) is 0 Å². The Bertz CT molecular complexity index is 355. The van der Waals surface area contributed by atoms with E-state index < -0.39 is 0 Å². The summed E-state index contributed by atoms with van der Waals surface area (Å²) in [5, 5.41) is 2.69. The molecule has 1 aliphatic carbocycles. The second-order valence-electron chi connectivity index (χ2n) is 4.28.